The van der Waals surface area contributed by atoms with E-state index >= 15 is 0 Å². The number of nitrogens with zero attached hydrogens (tertiary/aromatic N) is 4. The smallest absolute Gasteiger partial charge is 0.227 e. The van der Waals surface area contributed by atoms with Crippen LogP contribution in [0.3, 0.4) is 0 Å². The number of aromatic hydroxyl groups is 1. The minimum Gasteiger partial charge on any atom is -0.508 e. The van der Waals surface area contributed by atoms with Gasteiger partial charge in [-0.3, -0.25) is 4.98 Å². The molecule has 0 unspecified atom stereocenters. The zero-order valence-corrected chi connectivity index (χ0v) is 35.2. The first-order chi connectivity index (χ1) is 30.5. The highest BCUT2D eigenvalue weighted by Crippen LogP contribution is 2.51. The number of quaternary nitrogens is 1. The highest BCUT2D eigenvalue weighted by molar-refractivity contribution is 6.32. The molecule has 5 heterocycles. The van der Waals surface area contributed by atoms with Gasteiger partial charge in [0, 0.05) is 53.6 Å². The van der Waals surface area contributed by atoms with E-state index in [1.54, 1.807) is 12.1 Å². The van der Waals surface area contributed by atoms with Crippen LogP contribution in [0.25, 0.3) is 55.7 Å². The van der Waals surface area contributed by atoms with E-state index in [4.69, 9.17) is 31.3 Å². The lowest BCUT2D eigenvalue weighted by Crippen LogP contribution is -2.68. The Morgan fingerprint density at radius 3 is 2.10 bits per heavy atom. The van der Waals surface area contributed by atoms with Gasteiger partial charge in [0.15, 0.2) is 11.9 Å². The SMILES string of the molecule is OCC[C@H]1C[N@+]2(Cc3cc(-c4ccccc4)ccc3-c3ccccc3)CC[C@H]1C[C@H]2[C@H](Oc1nc(-c2ccccc2)nc(Cl)c1-c1ccccc1)c1ccnc2ccc(O)cc12. The Labute approximate surface area is 367 Å². The number of aliphatic hydroxyl groups excluding tert-OH is 1. The van der Waals surface area contributed by atoms with Crippen molar-refractivity contribution in [2.24, 2.45) is 11.8 Å². The first-order valence-electron chi connectivity index (χ1n) is 21.6. The van der Waals surface area contributed by atoms with Crippen LogP contribution in [0.2, 0.25) is 5.15 Å². The molecule has 2 N–H and O–H groups in total. The number of hydrogen-bond donors (Lipinski definition) is 2. The van der Waals surface area contributed by atoms with Crippen LogP contribution in [0.1, 0.15) is 36.5 Å². The second kappa shape index (κ2) is 17.2. The highest BCUT2D eigenvalue weighted by Gasteiger charge is 2.56. The van der Waals surface area contributed by atoms with Crippen LogP contribution in [0, 0.1) is 11.8 Å². The molecular weight excluding hydrogens is 788 g/mol. The molecule has 11 rings (SSSR count). The Morgan fingerprint density at radius 1 is 0.710 bits per heavy atom. The zero-order valence-electron chi connectivity index (χ0n) is 34.4. The van der Waals surface area contributed by atoms with Crippen molar-refractivity contribution in [1.29, 1.82) is 0 Å². The van der Waals surface area contributed by atoms with E-state index < -0.39 is 6.10 Å². The highest BCUT2D eigenvalue weighted by atomic mass is 35.5. The number of rotatable bonds is 12. The summed E-state index contributed by atoms with van der Waals surface area (Å²) < 4.78 is 8.37. The third-order valence-corrected chi connectivity index (χ3v) is 13.6. The minimum atomic E-state index is -0.547. The number of phenols is 1. The molecule has 0 spiro atoms. The summed E-state index contributed by atoms with van der Waals surface area (Å²) in [5.41, 5.74) is 10.0. The third-order valence-electron chi connectivity index (χ3n) is 13.3. The molecule has 3 aliphatic rings. The van der Waals surface area contributed by atoms with Gasteiger partial charge in [-0.25, -0.2) is 4.98 Å². The number of piperidine rings is 3. The van der Waals surface area contributed by atoms with E-state index in [0.717, 1.165) is 71.0 Å². The molecule has 5 atom stereocenters. The number of ether oxygens (including phenoxy) is 1. The fourth-order valence-corrected chi connectivity index (χ4v) is 10.7. The van der Waals surface area contributed by atoms with Crippen LogP contribution in [-0.4, -0.2) is 55.4 Å². The standard InChI is InChI=1S/C54H47ClN4O3/c55-52-50(38-17-9-3-10-18-38)54(58-53(57-52)39-19-11-4-12-20-39)62-51(46-25-28-56-48-24-22-44(61)33-47(46)48)49-32-41-26-29-59(49,34-42(41)27-30-60)35-43-31-40(36-13-5-1-6-14-36)21-23-45(43)37-15-7-2-8-16-37/h1-25,28,31,33,41-42,49,51,60H,26-27,29-30,32,34-35H2/p+1/t41-,42-,49-,51+,59-/m0/s1. The average Bonchev–Trinajstić information content (AvgIpc) is 3.32. The van der Waals surface area contributed by atoms with Gasteiger partial charge in [0.2, 0.25) is 5.88 Å². The first kappa shape index (κ1) is 39.7. The first-order valence-corrected chi connectivity index (χ1v) is 22.0. The number of phenolic OH excluding ortho intramolecular Hbond substituents is 1. The molecule has 7 nitrogen and oxygen atoms in total. The summed E-state index contributed by atoms with van der Waals surface area (Å²) in [5.74, 6) is 1.78. The number of aliphatic hydroxyl groups is 1. The molecule has 2 bridgehead atoms. The van der Waals surface area contributed by atoms with Gasteiger partial charge in [0.25, 0.3) is 0 Å². The maximum atomic E-state index is 11.0. The van der Waals surface area contributed by atoms with Gasteiger partial charge in [0.05, 0.1) is 24.2 Å². The Morgan fingerprint density at radius 2 is 1.39 bits per heavy atom. The fraction of sp³-hybridized carbons (Fsp3) is 0.204. The third kappa shape index (κ3) is 7.73. The van der Waals surface area contributed by atoms with Crippen molar-refractivity contribution in [3.63, 3.8) is 0 Å². The molecule has 62 heavy (non-hydrogen) atoms. The van der Waals surface area contributed by atoms with E-state index in [2.05, 4.69) is 78.9 Å². The van der Waals surface area contributed by atoms with Crippen LogP contribution in [0.4, 0.5) is 0 Å². The molecular formula is C54H48ClN4O3+. The van der Waals surface area contributed by atoms with Crippen molar-refractivity contribution < 1.29 is 19.4 Å². The average molecular weight is 836 g/mol. The van der Waals surface area contributed by atoms with Crippen molar-refractivity contribution >= 4 is 22.5 Å². The maximum absolute atomic E-state index is 11.0. The normalized spacial score (nSPS) is 19.9. The number of aromatic nitrogens is 3. The van der Waals surface area contributed by atoms with Gasteiger partial charge in [0.1, 0.15) is 23.5 Å². The molecule has 0 amide bonds. The largest absolute Gasteiger partial charge is 0.508 e. The van der Waals surface area contributed by atoms with Crippen LogP contribution < -0.4 is 4.74 Å². The Hall–Kier alpha value is -6.38. The topological polar surface area (TPSA) is 88.4 Å². The van der Waals surface area contributed by atoms with Crippen LogP contribution in [-0.2, 0) is 6.54 Å². The lowest BCUT2D eigenvalue weighted by Gasteiger charge is -2.59. The van der Waals surface area contributed by atoms with Crippen molar-refractivity contribution in [3.8, 4) is 56.4 Å². The van der Waals surface area contributed by atoms with E-state index in [-0.39, 0.29) is 18.4 Å². The summed E-state index contributed by atoms with van der Waals surface area (Å²) >= 11 is 7.24. The molecule has 308 valence electrons. The Bertz CT molecular complexity index is 2830. The van der Waals surface area contributed by atoms with Gasteiger partial charge < -0.3 is 19.4 Å². The second-order valence-electron chi connectivity index (χ2n) is 16.9. The van der Waals surface area contributed by atoms with Gasteiger partial charge in [-0.2, -0.15) is 4.98 Å². The number of pyridine rings is 1. The molecule has 3 fully saturated rings. The number of benzene rings is 6. The Balaban J connectivity index is 1.19. The van der Waals surface area contributed by atoms with E-state index in [9.17, 15) is 10.2 Å². The van der Waals surface area contributed by atoms with Gasteiger partial charge in [-0.15, -0.1) is 0 Å². The second-order valence-corrected chi connectivity index (χ2v) is 17.3. The van der Waals surface area contributed by atoms with E-state index in [1.807, 2.05) is 79.0 Å². The quantitative estimate of drug-likeness (QED) is 0.0941. The fourth-order valence-electron chi connectivity index (χ4n) is 10.4. The summed E-state index contributed by atoms with van der Waals surface area (Å²) in [6.07, 6.45) is 3.98. The van der Waals surface area contributed by atoms with Crippen LogP contribution in [0.5, 0.6) is 11.6 Å². The number of fused-ring (bicyclic) bond motifs is 4. The summed E-state index contributed by atoms with van der Waals surface area (Å²) in [5, 5.41) is 22.6. The molecule has 8 aromatic rings. The minimum absolute atomic E-state index is 0.0572. The van der Waals surface area contributed by atoms with Crippen LogP contribution >= 0.6 is 11.6 Å². The lowest BCUT2D eigenvalue weighted by molar-refractivity contribution is -0.985. The number of hydrogen-bond acceptors (Lipinski definition) is 6. The molecule has 0 radical (unpaired) electrons. The predicted molar refractivity (Wildman–Crippen MR) is 247 cm³/mol. The molecule has 0 saturated carbocycles. The molecule has 6 aromatic carbocycles. The van der Waals surface area contributed by atoms with E-state index in [1.165, 1.54) is 27.8 Å². The molecule has 8 heteroatoms. The zero-order chi connectivity index (χ0) is 42.0. The molecule has 0 aliphatic carbocycles. The lowest BCUT2D eigenvalue weighted by atomic mass is 9.70. The monoisotopic (exact) mass is 835 g/mol. The van der Waals surface area contributed by atoms with Crippen molar-refractivity contribution in [1.82, 2.24) is 15.0 Å². The van der Waals surface area contributed by atoms with E-state index in [0.29, 0.717) is 34.3 Å². The van der Waals surface area contributed by atoms with Crippen molar-refractivity contribution in [2.75, 3.05) is 19.7 Å². The van der Waals surface area contributed by atoms with Crippen LogP contribution in [0.15, 0.2) is 170 Å². The van der Waals surface area contributed by atoms with Crippen molar-refractivity contribution in [2.45, 2.75) is 38.0 Å². The van der Waals surface area contributed by atoms with Gasteiger partial charge >= 0.3 is 0 Å². The summed E-state index contributed by atoms with van der Waals surface area (Å²) in [7, 11) is 0. The summed E-state index contributed by atoms with van der Waals surface area (Å²) in [4.78, 5) is 14.8. The van der Waals surface area contributed by atoms with Gasteiger partial charge in [-0.05, 0) is 70.5 Å². The summed E-state index contributed by atoms with van der Waals surface area (Å²) in [6, 6.07) is 55.4. The molecule has 3 aliphatic heterocycles. The Kier molecular flexibility index (Phi) is 11.0. The summed E-state index contributed by atoms with van der Waals surface area (Å²) in [6.45, 7) is 2.74. The molecule has 3 saturated heterocycles. The molecule has 2 aromatic heterocycles. The predicted octanol–water partition coefficient (Wildman–Crippen LogP) is 12.0. The van der Waals surface area contributed by atoms with Crippen molar-refractivity contribution in [3.05, 3.63) is 186 Å². The maximum Gasteiger partial charge on any atom is 0.227 e. The van der Waals surface area contributed by atoms with Gasteiger partial charge in [-0.1, -0.05) is 145 Å². The number of halogens is 1.